The Morgan fingerprint density at radius 2 is 1.07 bits per heavy atom. The first kappa shape index (κ1) is 41.7. The summed E-state index contributed by atoms with van der Waals surface area (Å²) >= 11 is 0. The van der Waals surface area contributed by atoms with Crippen molar-refractivity contribution in [3.05, 3.63) is 166 Å². The third kappa shape index (κ3) is 9.23. The van der Waals surface area contributed by atoms with E-state index >= 15 is 0 Å². The molecule has 10 heteroatoms. The van der Waals surface area contributed by atoms with Crippen molar-refractivity contribution in [3.63, 3.8) is 0 Å². The lowest BCUT2D eigenvalue weighted by atomic mass is 9.86. The van der Waals surface area contributed by atoms with Crippen molar-refractivity contribution in [1.29, 1.82) is 0 Å². The fraction of sp³-hybridized carbons (Fsp3) is 0.280. The third-order valence-electron chi connectivity index (χ3n) is 11.7. The topological polar surface area (TPSA) is 96.8 Å². The molecule has 0 saturated carbocycles. The molecule has 0 saturated heterocycles. The number of nitrogens with zero attached hydrogens (tertiary/aromatic N) is 2. The van der Waals surface area contributed by atoms with Crippen LogP contribution >= 0.6 is 0 Å². The van der Waals surface area contributed by atoms with Crippen LogP contribution in [0.3, 0.4) is 0 Å². The summed E-state index contributed by atoms with van der Waals surface area (Å²) in [5.74, 6) is 1.26. The quantitative estimate of drug-likeness (QED) is 0.126. The Labute approximate surface area is 349 Å². The SMILES string of the molecule is COC(=O)c1ccncc1CC[C@@H]1CCOc2cc(-c3cccc(F)c3C)ccc21.COC(=O)c1ccncc1CC[C@H]1CCOc2cc(-c3cccc(F)c3C)ccc21. The summed E-state index contributed by atoms with van der Waals surface area (Å²) in [6, 6.07) is 25.9. The molecule has 0 bridgehead atoms. The molecule has 8 rings (SSSR count). The van der Waals surface area contributed by atoms with Gasteiger partial charge in [0, 0.05) is 24.8 Å². The van der Waals surface area contributed by atoms with Gasteiger partial charge in [-0.15, -0.1) is 0 Å². The summed E-state index contributed by atoms with van der Waals surface area (Å²) in [5, 5.41) is 0. The van der Waals surface area contributed by atoms with Crippen molar-refractivity contribution < 1.29 is 37.3 Å². The van der Waals surface area contributed by atoms with Crippen molar-refractivity contribution in [3.8, 4) is 33.8 Å². The van der Waals surface area contributed by atoms with Crippen LogP contribution in [0, 0.1) is 25.5 Å². The van der Waals surface area contributed by atoms with E-state index in [2.05, 4.69) is 22.1 Å². The van der Waals surface area contributed by atoms with Gasteiger partial charge in [0.1, 0.15) is 23.1 Å². The third-order valence-corrected chi connectivity index (χ3v) is 11.7. The summed E-state index contributed by atoms with van der Waals surface area (Å²) in [7, 11) is 2.78. The number of pyridine rings is 2. The number of benzene rings is 4. The largest absolute Gasteiger partial charge is 0.493 e. The Balaban J connectivity index is 0.000000181. The number of esters is 2. The van der Waals surface area contributed by atoms with Gasteiger partial charge in [-0.2, -0.15) is 0 Å². The Morgan fingerprint density at radius 3 is 1.48 bits per heavy atom. The molecule has 0 N–H and O–H groups in total. The van der Waals surface area contributed by atoms with Gasteiger partial charge in [0.2, 0.25) is 0 Å². The van der Waals surface area contributed by atoms with Crippen LogP contribution in [0.1, 0.15) is 91.6 Å². The minimum atomic E-state index is -0.338. The molecule has 308 valence electrons. The number of methoxy groups -OCH3 is 2. The van der Waals surface area contributed by atoms with E-state index < -0.39 is 0 Å². The Morgan fingerprint density at radius 1 is 0.633 bits per heavy atom. The monoisotopic (exact) mass is 810 g/mol. The molecule has 2 aliphatic heterocycles. The maximum Gasteiger partial charge on any atom is 0.338 e. The van der Waals surface area contributed by atoms with Crippen molar-refractivity contribution in [2.45, 2.75) is 64.2 Å². The second-order valence-corrected chi connectivity index (χ2v) is 15.1. The highest BCUT2D eigenvalue weighted by Crippen LogP contribution is 2.41. The van der Waals surface area contributed by atoms with Crippen LogP contribution in [0.2, 0.25) is 0 Å². The first-order chi connectivity index (χ1) is 29.2. The normalized spacial score (nSPS) is 15.2. The molecular weight excluding hydrogens is 763 g/mol. The van der Waals surface area contributed by atoms with Gasteiger partial charge < -0.3 is 18.9 Å². The molecule has 60 heavy (non-hydrogen) atoms. The van der Waals surface area contributed by atoms with Gasteiger partial charge >= 0.3 is 11.9 Å². The molecule has 0 amide bonds. The van der Waals surface area contributed by atoms with Crippen LogP contribution < -0.4 is 9.47 Å². The van der Waals surface area contributed by atoms with Gasteiger partial charge in [0.15, 0.2) is 0 Å². The molecular formula is C50H48F2N2O6. The van der Waals surface area contributed by atoms with E-state index in [1.807, 2.05) is 36.4 Å². The average molecular weight is 811 g/mol. The van der Waals surface area contributed by atoms with E-state index in [1.165, 1.54) is 26.4 Å². The molecule has 0 radical (unpaired) electrons. The highest BCUT2D eigenvalue weighted by molar-refractivity contribution is 5.91. The summed E-state index contributed by atoms with van der Waals surface area (Å²) < 4.78 is 49.6. The van der Waals surface area contributed by atoms with Crippen molar-refractivity contribution in [1.82, 2.24) is 9.97 Å². The number of aromatic nitrogens is 2. The van der Waals surface area contributed by atoms with E-state index in [0.29, 0.717) is 47.3 Å². The van der Waals surface area contributed by atoms with Gasteiger partial charge in [-0.05, 0) is 156 Å². The molecule has 6 aromatic rings. The average Bonchev–Trinajstić information content (AvgIpc) is 3.28. The minimum absolute atomic E-state index is 0.207. The van der Waals surface area contributed by atoms with E-state index in [-0.39, 0.29) is 23.6 Å². The number of fused-ring (bicyclic) bond motifs is 2. The predicted octanol–water partition coefficient (Wildman–Crippen LogP) is 11.0. The maximum absolute atomic E-state index is 14.0. The molecule has 2 aliphatic rings. The zero-order chi connectivity index (χ0) is 42.2. The summed E-state index contributed by atoms with van der Waals surface area (Å²) in [4.78, 5) is 32.4. The zero-order valence-corrected chi connectivity index (χ0v) is 34.3. The number of rotatable bonds is 10. The fourth-order valence-corrected chi connectivity index (χ4v) is 8.23. The number of halogens is 2. The molecule has 4 aromatic carbocycles. The standard InChI is InChI=1S/2C25H24FNO3/c2*1-16-20(4-3-5-23(16)26)18-8-9-21-17(11-13-30-24(21)14-18)6-7-19-15-27-12-10-22(19)25(28)29-2/h2*3-5,8-10,12,14-15,17H,6-7,11,13H2,1-2H3/t2*17-/m10/s1. The molecule has 2 atom stereocenters. The zero-order valence-electron chi connectivity index (χ0n) is 34.3. The van der Waals surface area contributed by atoms with E-state index in [9.17, 15) is 18.4 Å². The second kappa shape index (κ2) is 19.1. The second-order valence-electron chi connectivity index (χ2n) is 15.1. The highest BCUT2D eigenvalue weighted by Gasteiger charge is 2.25. The molecule has 0 fully saturated rings. The van der Waals surface area contributed by atoms with Gasteiger partial charge in [-0.1, -0.05) is 48.5 Å². The van der Waals surface area contributed by atoms with Crippen LogP contribution in [-0.2, 0) is 22.3 Å². The number of carbonyl (C=O) groups excluding carboxylic acids is 2. The molecule has 8 nitrogen and oxygen atoms in total. The summed E-state index contributed by atoms with van der Waals surface area (Å²) in [5.41, 5.74) is 10.2. The van der Waals surface area contributed by atoms with Crippen LogP contribution in [0.15, 0.2) is 110 Å². The van der Waals surface area contributed by atoms with Crippen LogP contribution in [0.5, 0.6) is 11.5 Å². The Hall–Kier alpha value is -6.42. The smallest absolute Gasteiger partial charge is 0.338 e. The van der Waals surface area contributed by atoms with Gasteiger partial charge in [-0.25, -0.2) is 18.4 Å². The maximum atomic E-state index is 14.0. The number of ether oxygens (including phenoxy) is 4. The molecule has 0 aliphatic carbocycles. The van der Waals surface area contributed by atoms with Crippen molar-refractivity contribution >= 4 is 11.9 Å². The molecule has 0 unspecified atom stereocenters. The lowest BCUT2D eigenvalue weighted by molar-refractivity contribution is 0.0590. The van der Waals surface area contributed by atoms with E-state index in [0.717, 1.165) is 94.5 Å². The van der Waals surface area contributed by atoms with Crippen LogP contribution in [0.25, 0.3) is 22.3 Å². The van der Waals surface area contributed by atoms with E-state index in [4.69, 9.17) is 18.9 Å². The lowest BCUT2D eigenvalue weighted by Gasteiger charge is -2.27. The molecule has 4 heterocycles. The fourth-order valence-electron chi connectivity index (χ4n) is 8.23. The van der Waals surface area contributed by atoms with E-state index in [1.54, 1.807) is 62.9 Å². The van der Waals surface area contributed by atoms with Gasteiger partial charge in [-0.3, -0.25) is 9.97 Å². The lowest BCUT2D eigenvalue weighted by Crippen LogP contribution is -2.15. The van der Waals surface area contributed by atoms with Gasteiger partial charge in [0.05, 0.1) is 38.6 Å². The molecule has 0 spiro atoms. The van der Waals surface area contributed by atoms with Crippen LogP contribution in [0.4, 0.5) is 8.78 Å². The number of hydrogen-bond donors (Lipinski definition) is 0. The minimum Gasteiger partial charge on any atom is -0.493 e. The number of carbonyl (C=O) groups is 2. The highest BCUT2D eigenvalue weighted by atomic mass is 19.1. The number of hydrogen-bond acceptors (Lipinski definition) is 8. The Bertz CT molecular complexity index is 2330. The number of aryl methyl sites for hydroxylation is 2. The summed E-state index contributed by atoms with van der Waals surface area (Å²) in [6.07, 6.45) is 11.7. The Kier molecular flexibility index (Phi) is 13.3. The summed E-state index contributed by atoms with van der Waals surface area (Å²) in [6.45, 7) is 4.86. The molecule has 2 aromatic heterocycles. The first-order valence-electron chi connectivity index (χ1n) is 20.2. The van der Waals surface area contributed by atoms with Crippen LogP contribution in [-0.4, -0.2) is 49.3 Å². The van der Waals surface area contributed by atoms with Gasteiger partial charge in [0.25, 0.3) is 0 Å². The predicted molar refractivity (Wildman–Crippen MR) is 227 cm³/mol. The van der Waals surface area contributed by atoms with Crippen molar-refractivity contribution in [2.24, 2.45) is 0 Å². The first-order valence-corrected chi connectivity index (χ1v) is 20.2. The van der Waals surface area contributed by atoms with Crippen molar-refractivity contribution in [2.75, 3.05) is 27.4 Å².